The molecule has 1 amide bonds. The Morgan fingerprint density at radius 1 is 1.24 bits per heavy atom. The average Bonchev–Trinajstić information content (AvgIpc) is 2.68. The summed E-state index contributed by atoms with van der Waals surface area (Å²) in [5, 5.41) is 0. The zero-order valence-electron chi connectivity index (χ0n) is 12.8. The monoisotopic (exact) mass is 290 g/mol. The second-order valence-electron chi connectivity index (χ2n) is 6.74. The fourth-order valence-corrected chi connectivity index (χ4v) is 3.18. The number of hydrogen-bond donors (Lipinski definition) is 0. The van der Waals surface area contributed by atoms with E-state index in [-0.39, 0.29) is 6.09 Å². The van der Waals surface area contributed by atoms with Crippen LogP contribution in [0.25, 0.3) is 0 Å². The molecule has 0 spiro atoms. The highest BCUT2D eigenvalue weighted by Gasteiger charge is 2.43. The lowest BCUT2D eigenvalue weighted by Gasteiger charge is -2.41. The van der Waals surface area contributed by atoms with Crippen LogP contribution in [0, 0.1) is 0 Å². The number of ether oxygens (including phenoxy) is 1. The van der Waals surface area contributed by atoms with Crippen molar-refractivity contribution in [3.8, 4) is 0 Å². The Morgan fingerprint density at radius 3 is 2.43 bits per heavy atom. The van der Waals surface area contributed by atoms with Gasteiger partial charge in [-0.2, -0.15) is 0 Å². The van der Waals surface area contributed by atoms with E-state index >= 15 is 0 Å². The molecule has 114 valence electrons. The number of nitrogens with zero attached hydrogens (tertiary/aromatic N) is 4. The number of piperazine rings is 1. The smallest absolute Gasteiger partial charge is 0.410 e. The Kier molecular flexibility index (Phi) is 3.47. The van der Waals surface area contributed by atoms with Crippen molar-refractivity contribution in [2.45, 2.75) is 51.3 Å². The Labute approximate surface area is 125 Å². The topological polar surface area (TPSA) is 58.6 Å². The minimum Gasteiger partial charge on any atom is -0.444 e. The van der Waals surface area contributed by atoms with Crippen LogP contribution in [0.15, 0.2) is 18.6 Å². The minimum absolute atomic E-state index is 0.210. The molecular weight excluding hydrogens is 268 g/mol. The van der Waals surface area contributed by atoms with E-state index in [0.717, 1.165) is 18.7 Å². The van der Waals surface area contributed by atoms with E-state index in [2.05, 4.69) is 14.9 Å². The van der Waals surface area contributed by atoms with Crippen LogP contribution in [0.5, 0.6) is 0 Å². The van der Waals surface area contributed by atoms with E-state index in [4.69, 9.17) is 4.74 Å². The molecule has 2 fully saturated rings. The van der Waals surface area contributed by atoms with Crippen molar-refractivity contribution < 1.29 is 9.53 Å². The average molecular weight is 290 g/mol. The molecule has 0 unspecified atom stereocenters. The van der Waals surface area contributed by atoms with Gasteiger partial charge in [-0.05, 0) is 33.6 Å². The summed E-state index contributed by atoms with van der Waals surface area (Å²) in [6.45, 7) is 7.09. The highest BCUT2D eigenvalue weighted by atomic mass is 16.6. The van der Waals surface area contributed by atoms with Gasteiger partial charge in [-0.3, -0.25) is 4.98 Å². The van der Waals surface area contributed by atoms with Gasteiger partial charge in [0, 0.05) is 37.6 Å². The van der Waals surface area contributed by atoms with Crippen molar-refractivity contribution >= 4 is 11.9 Å². The van der Waals surface area contributed by atoms with Gasteiger partial charge in [0.25, 0.3) is 0 Å². The third kappa shape index (κ3) is 2.94. The summed E-state index contributed by atoms with van der Waals surface area (Å²) in [5.41, 5.74) is -0.446. The number of amides is 1. The molecule has 1 aromatic heterocycles. The number of likely N-dealkylation sites (tertiary alicyclic amines) is 1. The van der Waals surface area contributed by atoms with Gasteiger partial charge in [0.15, 0.2) is 0 Å². The minimum atomic E-state index is -0.446. The van der Waals surface area contributed by atoms with E-state index in [0.29, 0.717) is 25.2 Å². The van der Waals surface area contributed by atoms with E-state index in [1.54, 1.807) is 18.6 Å². The first-order valence-electron chi connectivity index (χ1n) is 7.46. The maximum atomic E-state index is 12.2. The van der Waals surface area contributed by atoms with Crippen molar-refractivity contribution in [1.29, 1.82) is 0 Å². The summed E-state index contributed by atoms with van der Waals surface area (Å²) < 4.78 is 5.48. The molecule has 6 heteroatoms. The molecule has 3 rings (SSSR count). The third-order valence-electron chi connectivity index (χ3n) is 3.95. The first-order chi connectivity index (χ1) is 9.94. The second-order valence-corrected chi connectivity index (χ2v) is 6.74. The molecule has 0 N–H and O–H groups in total. The van der Waals surface area contributed by atoms with E-state index < -0.39 is 5.60 Å². The first kappa shape index (κ1) is 14.1. The number of fused-ring (bicyclic) bond motifs is 2. The fourth-order valence-electron chi connectivity index (χ4n) is 3.18. The molecule has 0 radical (unpaired) electrons. The molecule has 2 bridgehead atoms. The summed E-state index contributed by atoms with van der Waals surface area (Å²) in [6, 6.07) is 0.626. The van der Waals surface area contributed by atoms with Crippen molar-refractivity contribution in [1.82, 2.24) is 14.9 Å². The van der Waals surface area contributed by atoms with Crippen LogP contribution in [0.3, 0.4) is 0 Å². The highest BCUT2D eigenvalue weighted by Crippen LogP contribution is 2.33. The molecule has 3 heterocycles. The van der Waals surface area contributed by atoms with Gasteiger partial charge in [0.05, 0.1) is 6.20 Å². The number of aromatic nitrogens is 2. The van der Waals surface area contributed by atoms with Crippen LogP contribution in [0.1, 0.15) is 33.6 Å². The largest absolute Gasteiger partial charge is 0.444 e. The van der Waals surface area contributed by atoms with E-state index in [9.17, 15) is 4.79 Å². The number of hydrogen-bond acceptors (Lipinski definition) is 5. The van der Waals surface area contributed by atoms with Crippen molar-refractivity contribution in [3.05, 3.63) is 18.6 Å². The number of anilines is 1. The SMILES string of the molecule is CC(C)(C)OC(=O)N1C[C@H]2CC[C@@H](C1)N2c1cnccn1. The van der Waals surface area contributed by atoms with E-state index in [1.807, 2.05) is 25.7 Å². The molecule has 0 aliphatic carbocycles. The van der Waals surface area contributed by atoms with Crippen LogP contribution in [0.2, 0.25) is 0 Å². The maximum Gasteiger partial charge on any atom is 0.410 e. The molecule has 1 aromatic rings. The highest BCUT2D eigenvalue weighted by molar-refractivity contribution is 5.69. The Hall–Kier alpha value is -1.85. The van der Waals surface area contributed by atoms with Gasteiger partial charge in [0.2, 0.25) is 0 Å². The predicted octanol–water partition coefficient (Wildman–Crippen LogP) is 2.06. The fraction of sp³-hybridized carbons (Fsp3) is 0.667. The Morgan fingerprint density at radius 2 is 1.90 bits per heavy atom. The summed E-state index contributed by atoms with van der Waals surface area (Å²) in [7, 11) is 0. The van der Waals surface area contributed by atoms with Crippen LogP contribution in [0.4, 0.5) is 10.6 Å². The lowest BCUT2D eigenvalue weighted by Crippen LogP contribution is -2.56. The zero-order chi connectivity index (χ0) is 15.0. The molecule has 0 aromatic carbocycles. The van der Waals surface area contributed by atoms with Gasteiger partial charge in [-0.25, -0.2) is 9.78 Å². The van der Waals surface area contributed by atoms with Gasteiger partial charge in [0.1, 0.15) is 11.4 Å². The van der Waals surface area contributed by atoms with Crippen LogP contribution in [-0.2, 0) is 4.74 Å². The molecular formula is C15H22N4O2. The van der Waals surface area contributed by atoms with Crippen molar-refractivity contribution in [3.63, 3.8) is 0 Å². The third-order valence-corrected chi connectivity index (χ3v) is 3.95. The van der Waals surface area contributed by atoms with Crippen LogP contribution >= 0.6 is 0 Å². The normalized spacial score (nSPS) is 25.1. The maximum absolute atomic E-state index is 12.2. The summed E-state index contributed by atoms with van der Waals surface area (Å²) >= 11 is 0. The summed E-state index contributed by atoms with van der Waals surface area (Å²) in [4.78, 5) is 24.9. The van der Waals surface area contributed by atoms with Crippen LogP contribution < -0.4 is 4.90 Å². The van der Waals surface area contributed by atoms with Crippen LogP contribution in [-0.4, -0.2) is 51.7 Å². The molecule has 21 heavy (non-hydrogen) atoms. The van der Waals surface area contributed by atoms with Gasteiger partial charge in [-0.15, -0.1) is 0 Å². The molecule has 2 aliphatic heterocycles. The summed E-state index contributed by atoms with van der Waals surface area (Å²) in [5.74, 6) is 0.911. The lowest BCUT2D eigenvalue weighted by atomic mass is 10.2. The number of carbonyl (C=O) groups is 1. The zero-order valence-corrected chi connectivity index (χ0v) is 12.8. The summed E-state index contributed by atoms with van der Waals surface area (Å²) in [6.07, 6.45) is 7.16. The van der Waals surface area contributed by atoms with E-state index in [1.165, 1.54) is 0 Å². The molecule has 0 saturated carbocycles. The molecule has 2 atom stereocenters. The number of rotatable bonds is 1. The van der Waals surface area contributed by atoms with Gasteiger partial charge in [-0.1, -0.05) is 0 Å². The number of carbonyl (C=O) groups excluding carboxylic acids is 1. The Bertz CT molecular complexity index is 500. The second kappa shape index (κ2) is 5.16. The lowest BCUT2D eigenvalue weighted by molar-refractivity contribution is 0.0209. The Balaban J connectivity index is 1.71. The van der Waals surface area contributed by atoms with Crippen molar-refractivity contribution in [2.75, 3.05) is 18.0 Å². The first-order valence-corrected chi connectivity index (χ1v) is 7.46. The molecule has 6 nitrogen and oxygen atoms in total. The molecule has 2 saturated heterocycles. The predicted molar refractivity (Wildman–Crippen MR) is 79.1 cm³/mol. The van der Waals surface area contributed by atoms with Crippen molar-refractivity contribution in [2.24, 2.45) is 0 Å². The van der Waals surface area contributed by atoms with Gasteiger partial charge >= 0.3 is 6.09 Å². The standard InChI is InChI=1S/C15H22N4O2/c1-15(2,3)21-14(20)18-9-11-4-5-12(10-18)19(11)13-8-16-6-7-17-13/h6-8,11-12H,4-5,9-10H2,1-3H3/t11-,12+. The molecule has 2 aliphatic rings. The quantitative estimate of drug-likeness (QED) is 0.792. The van der Waals surface area contributed by atoms with Gasteiger partial charge < -0.3 is 14.5 Å².